The molecule has 0 saturated carbocycles. The number of hydrogen-bond donors (Lipinski definition) is 1. The third-order valence-electron chi connectivity index (χ3n) is 4.39. The third-order valence-corrected chi connectivity index (χ3v) is 4.39. The fraction of sp³-hybridized carbons (Fsp3) is 0.0909. The summed E-state index contributed by atoms with van der Waals surface area (Å²) in [5, 5.41) is 2.85. The highest BCUT2D eigenvalue weighted by atomic mass is 16.5. The molecule has 0 radical (unpaired) electrons. The summed E-state index contributed by atoms with van der Waals surface area (Å²) < 4.78 is 5.40. The molecular formula is C22H18N2O3. The molecule has 0 fully saturated rings. The minimum Gasteiger partial charge on any atom is -0.482 e. The number of para-hydroxylation sites is 2. The van der Waals surface area contributed by atoms with Crippen molar-refractivity contribution < 1.29 is 14.3 Å². The van der Waals surface area contributed by atoms with Crippen LogP contribution in [0.3, 0.4) is 0 Å². The SMILES string of the molecule is O=C(CN1C(=O)COc2ccccc21)Nc1ccc(-c2ccccc2)cc1. The summed E-state index contributed by atoms with van der Waals surface area (Å²) in [6.07, 6.45) is 0. The van der Waals surface area contributed by atoms with Crippen LogP contribution in [-0.4, -0.2) is 25.0 Å². The van der Waals surface area contributed by atoms with E-state index in [2.05, 4.69) is 5.32 Å². The highest BCUT2D eigenvalue weighted by Gasteiger charge is 2.26. The van der Waals surface area contributed by atoms with Gasteiger partial charge in [-0.15, -0.1) is 0 Å². The first kappa shape index (κ1) is 16.8. The molecule has 134 valence electrons. The first-order valence-corrected chi connectivity index (χ1v) is 8.68. The second-order valence-corrected chi connectivity index (χ2v) is 6.23. The summed E-state index contributed by atoms with van der Waals surface area (Å²) in [7, 11) is 0. The Morgan fingerprint density at radius 3 is 2.33 bits per heavy atom. The molecule has 0 aliphatic carbocycles. The van der Waals surface area contributed by atoms with Crippen molar-refractivity contribution >= 4 is 23.2 Å². The zero-order valence-corrected chi connectivity index (χ0v) is 14.6. The van der Waals surface area contributed by atoms with Gasteiger partial charge in [0.25, 0.3) is 5.91 Å². The molecule has 0 aromatic heterocycles. The van der Waals surface area contributed by atoms with E-state index in [0.29, 0.717) is 17.1 Å². The molecule has 3 aromatic rings. The van der Waals surface area contributed by atoms with Gasteiger partial charge in [0.2, 0.25) is 5.91 Å². The predicted octanol–water partition coefficient (Wildman–Crippen LogP) is 3.72. The molecule has 0 spiro atoms. The van der Waals surface area contributed by atoms with Gasteiger partial charge in [-0.1, -0.05) is 54.6 Å². The van der Waals surface area contributed by atoms with E-state index in [1.807, 2.05) is 66.7 Å². The molecule has 1 heterocycles. The molecule has 0 bridgehead atoms. The maximum Gasteiger partial charge on any atom is 0.265 e. The smallest absolute Gasteiger partial charge is 0.265 e. The number of fused-ring (bicyclic) bond motifs is 1. The summed E-state index contributed by atoms with van der Waals surface area (Å²) in [4.78, 5) is 26.1. The van der Waals surface area contributed by atoms with Gasteiger partial charge in [-0.3, -0.25) is 14.5 Å². The standard InChI is InChI=1S/C22H18N2O3/c25-21(14-24-19-8-4-5-9-20(19)27-15-22(24)26)23-18-12-10-17(11-13-18)16-6-2-1-3-7-16/h1-13H,14-15H2,(H,23,25). The first-order chi connectivity index (χ1) is 13.2. The fourth-order valence-corrected chi connectivity index (χ4v) is 3.05. The topological polar surface area (TPSA) is 58.6 Å². The molecule has 1 N–H and O–H groups in total. The van der Waals surface area contributed by atoms with Gasteiger partial charge in [-0.05, 0) is 35.4 Å². The van der Waals surface area contributed by atoms with E-state index in [-0.39, 0.29) is 25.0 Å². The number of nitrogens with one attached hydrogen (secondary N) is 1. The summed E-state index contributed by atoms with van der Waals surface area (Å²) in [5.74, 6) is 0.118. The number of carbonyl (C=O) groups excluding carboxylic acids is 2. The summed E-state index contributed by atoms with van der Waals surface area (Å²) >= 11 is 0. The van der Waals surface area contributed by atoms with E-state index in [1.54, 1.807) is 12.1 Å². The number of amides is 2. The van der Waals surface area contributed by atoms with Crippen molar-refractivity contribution in [2.24, 2.45) is 0 Å². The van der Waals surface area contributed by atoms with Gasteiger partial charge < -0.3 is 10.1 Å². The van der Waals surface area contributed by atoms with E-state index in [9.17, 15) is 9.59 Å². The Morgan fingerprint density at radius 1 is 0.889 bits per heavy atom. The Kier molecular flexibility index (Phi) is 4.58. The number of carbonyl (C=O) groups is 2. The van der Waals surface area contributed by atoms with Crippen LogP contribution >= 0.6 is 0 Å². The van der Waals surface area contributed by atoms with Crippen LogP contribution in [0.5, 0.6) is 5.75 Å². The molecule has 3 aromatic carbocycles. The number of benzene rings is 3. The number of rotatable bonds is 4. The minimum atomic E-state index is -0.257. The Morgan fingerprint density at radius 2 is 1.56 bits per heavy atom. The molecule has 1 aliphatic rings. The van der Waals surface area contributed by atoms with E-state index in [1.165, 1.54) is 4.90 Å². The molecule has 27 heavy (non-hydrogen) atoms. The van der Waals surface area contributed by atoms with E-state index in [4.69, 9.17) is 4.74 Å². The molecule has 0 atom stereocenters. The lowest BCUT2D eigenvalue weighted by Gasteiger charge is -2.28. The Labute approximate surface area is 157 Å². The predicted molar refractivity (Wildman–Crippen MR) is 105 cm³/mol. The Balaban J connectivity index is 1.45. The van der Waals surface area contributed by atoms with Gasteiger partial charge in [0, 0.05) is 5.69 Å². The number of ether oxygens (including phenoxy) is 1. The van der Waals surface area contributed by atoms with Crippen molar-refractivity contribution in [2.45, 2.75) is 0 Å². The number of anilines is 2. The molecule has 4 rings (SSSR count). The van der Waals surface area contributed by atoms with Gasteiger partial charge in [0.1, 0.15) is 12.3 Å². The quantitative estimate of drug-likeness (QED) is 0.773. The number of hydrogen-bond acceptors (Lipinski definition) is 3. The van der Waals surface area contributed by atoms with Crippen LogP contribution in [0.1, 0.15) is 0 Å². The zero-order chi connectivity index (χ0) is 18.6. The summed E-state index contributed by atoms with van der Waals surface area (Å²) in [6.45, 7) is -0.115. The van der Waals surface area contributed by atoms with Crippen LogP contribution < -0.4 is 15.0 Å². The van der Waals surface area contributed by atoms with E-state index in [0.717, 1.165) is 11.1 Å². The Hall–Kier alpha value is -3.60. The molecular weight excluding hydrogens is 340 g/mol. The second kappa shape index (κ2) is 7.33. The van der Waals surface area contributed by atoms with Gasteiger partial charge in [-0.25, -0.2) is 0 Å². The van der Waals surface area contributed by atoms with Crippen LogP contribution in [0.15, 0.2) is 78.9 Å². The van der Waals surface area contributed by atoms with Crippen LogP contribution in [0.2, 0.25) is 0 Å². The van der Waals surface area contributed by atoms with Crippen molar-refractivity contribution in [3.05, 3.63) is 78.9 Å². The lowest BCUT2D eigenvalue weighted by Crippen LogP contribution is -2.43. The van der Waals surface area contributed by atoms with Gasteiger partial charge in [-0.2, -0.15) is 0 Å². The molecule has 5 nitrogen and oxygen atoms in total. The van der Waals surface area contributed by atoms with Crippen LogP contribution in [0.4, 0.5) is 11.4 Å². The maximum atomic E-state index is 12.4. The maximum absolute atomic E-state index is 12.4. The molecule has 5 heteroatoms. The highest BCUT2D eigenvalue weighted by molar-refractivity contribution is 6.05. The molecule has 1 aliphatic heterocycles. The van der Waals surface area contributed by atoms with E-state index >= 15 is 0 Å². The summed E-state index contributed by atoms with van der Waals surface area (Å²) in [6, 6.07) is 24.9. The molecule has 0 saturated heterocycles. The van der Waals surface area contributed by atoms with Gasteiger partial charge in [0.05, 0.1) is 5.69 Å². The summed E-state index contributed by atoms with van der Waals surface area (Å²) in [5.41, 5.74) is 3.49. The van der Waals surface area contributed by atoms with Crippen molar-refractivity contribution in [1.29, 1.82) is 0 Å². The van der Waals surface area contributed by atoms with Crippen LogP contribution in [0.25, 0.3) is 11.1 Å². The van der Waals surface area contributed by atoms with Crippen molar-refractivity contribution in [3.63, 3.8) is 0 Å². The van der Waals surface area contributed by atoms with Crippen molar-refractivity contribution in [3.8, 4) is 16.9 Å². The average Bonchev–Trinajstić information content (AvgIpc) is 2.71. The van der Waals surface area contributed by atoms with Crippen molar-refractivity contribution in [1.82, 2.24) is 0 Å². The lowest BCUT2D eigenvalue weighted by atomic mass is 10.1. The van der Waals surface area contributed by atoms with Crippen molar-refractivity contribution in [2.75, 3.05) is 23.4 Å². The van der Waals surface area contributed by atoms with E-state index < -0.39 is 0 Å². The fourth-order valence-electron chi connectivity index (χ4n) is 3.05. The highest BCUT2D eigenvalue weighted by Crippen LogP contribution is 2.31. The molecule has 0 unspecified atom stereocenters. The van der Waals surface area contributed by atoms with Gasteiger partial charge in [0.15, 0.2) is 6.61 Å². The van der Waals surface area contributed by atoms with Crippen LogP contribution in [0, 0.1) is 0 Å². The Bertz CT molecular complexity index is 968. The molecule has 2 amide bonds. The monoisotopic (exact) mass is 358 g/mol. The zero-order valence-electron chi connectivity index (χ0n) is 14.6. The lowest BCUT2D eigenvalue weighted by molar-refractivity contribution is -0.123. The van der Waals surface area contributed by atoms with Crippen LogP contribution in [-0.2, 0) is 9.59 Å². The third kappa shape index (κ3) is 3.67. The first-order valence-electron chi connectivity index (χ1n) is 8.68. The second-order valence-electron chi connectivity index (χ2n) is 6.23. The minimum absolute atomic E-state index is 0.0559. The number of nitrogens with zero attached hydrogens (tertiary/aromatic N) is 1. The average molecular weight is 358 g/mol. The van der Waals surface area contributed by atoms with Gasteiger partial charge >= 0.3 is 0 Å². The largest absolute Gasteiger partial charge is 0.482 e. The normalized spacial score (nSPS) is 12.9.